The van der Waals surface area contributed by atoms with Gasteiger partial charge in [0.25, 0.3) is 0 Å². The van der Waals surface area contributed by atoms with E-state index in [9.17, 15) is 18.7 Å². The van der Waals surface area contributed by atoms with Gasteiger partial charge in [0, 0.05) is 29.0 Å². The fourth-order valence-corrected chi connectivity index (χ4v) is 13.7. The fourth-order valence-electron chi connectivity index (χ4n) is 8.16. The molecule has 0 fully saturated rings. The van der Waals surface area contributed by atoms with Gasteiger partial charge in [0.1, 0.15) is 11.6 Å². The van der Waals surface area contributed by atoms with Crippen molar-refractivity contribution in [2.75, 3.05) is 31.9 Å². The maximum absolute atomic E-state index is 15.3. The zero-order valence-electron chi connectivity index (χ0n) is 30.6. The molecule has 1 aliphatic heterocycles. The van der Waals surface area contributed by atoms with Crippen LogP contribution in [0.25, 0.3) is 5.57 Å². The van der Waals surface area contributed by atoms with Crippen molar-refractivity contribution in [2.24, 2.45) is 0 Å². The number of esters is 1. The lowest BCUT2D eigenvalue weighted by Crippen LogP contribution is -2.43. The molecular formula is C43H49F2O6P. The van der Waals surface area contributed by atoms with E-state index in [2.05, 4.69) is 20.8 Å². The molecule has 6 rings (SSSR count). The van der Waals surface area contributed by atoms with Crippen LogP contribution in [0.3, 0.4) is 0 Å². The van der Waals surface area contributed by atoms with Gasteiger partial charge >= 0.3 is 5.97 Å². The van der Waals surface area contributed by atoms with E-state index >= 15 is 4.79 Å². The average Bonchev–Trinajstić information content (AvgIpc) is 3.85. The lowest BCUT2D eigenvalue weighted by atomic mass is 9.82. The minimum Gasteiger partial charge on any atom is -0.464 e. The van der Waals surface area contributed by atoms with E-state index in [1.807, 2.05) is 18.2 Å². The highest BCUT2D eigenvalue weighted by atomic mass is 31.2. The third kappa shape index (κ3) is 6.92. The van der Waals surface area contributed by atoms with Crippen LogP contribution in [0, 0.1) is 11.6 Å². The largest absolute Gasteiger partial charge is 0.464 e. The minimum absolute atomic E-state index is 0.00229. The second kappa shape index (κ2) is 15.9. The molecule has 0 aromatic heterocycles. The predicted octanol–water partition coefficient (Wildman–Crippen LogP) is 9.71. The summed E-state index contributed by atoms with van der Waals surface area (Å²) in [6.45, 7) is 6.01. The van der Waals surface area contributed by atoms with Crippen LogP contribution in [0.4, 0.5) is 8.78 Å². The number of fused-ring (bicyclic) bond motifs is 1. The van der Waals surface area contributed by atoms with E-state index in [4.69, 9.17) is 14.2 Å². The average molecular weight is 731 g/mol. The van der Waals surface area contributed by atoms with Crippen LogP contribution in [0.1, 0.15) is 100 Å². The summed E-state index contributed by atoms with van der Waals surface area (Å²) >= 11 is 0. The molecule has 6 nitrogen and oxygen atoms in total. The summed E-state index contributed by atoms with van der Waals surface area (Å²) in [5.74, 6) is -1.36. The van der Waals surface area contributed by atoms with Gasteiger partial charge < -0.3 is 19.3 Å². The molecule has 0 amide bonds. The predicted molar refractivity (Wildman–Crippen MR) is 204 cm³/mol. The van der Waals surface area contributed by atoms with Crippen molar-refractivity contribution < 1.29 is 37.7 Å². The maximum atomic E-state index is 15.3. The fraction of sp³-hybridized carbons (Fsp3) is 0.419. The summed E-state index contributed by atoms with van der Waals surface area (Å²) in [5, 5.41) is 13.9. The normalized spacial score (nSPS) is 19.4. The molecule has 0 unspecified atom stereocenters. The Morgan fingerprint density at radius 2 is 1.40 bits per heavy atom. The quantitative estimate of drug-likeness (QED) is 0.0953. The Morgan fingerprint density at radius 3 is 1.98 bits per heavy atom. The Bertz CT molecular complexity index is 1920. The number of ketones is 1. The summed E-state index contributed by atoms with van der Waals surface area (Å²) in [5.41, 5.74) is 1.76. The first-order valence-corrected chi connectivity index (χ1v) is 21.1. The van der Waals surface area contributed by atoms with E-state index in [0.29, 0.717) is 44.9 Å². The number of hydrogen-bond acceptors (Lipinski definition) is 6. The molecule has 3 aromatic rings. The molecule has 0 radical (unpaired) electrons. The molecule has 2 aliphatic carbocycles. The Balaban J connectivity index is 1.80. The van der Waals surface area contributed by atoms with Gasteiger partial charge in [-0.05, 0) is 121 Å². The molecule has 276 valence electrons. The molecule has 0 saturated carbocycles. The van der Waals surface area contributed by atoms with E-state index in [0.717, 1.165) is 67.9 Å². The van der Waals surface area contributed by atoms with Crippen molar-refractivity contribution >= 4 is 29.5 Å². The van der Waals surface area contributed by atoms with Crippen LogP contribution in [0.5, 0.6) is 11.5 Å². The van der Waals surface area contributed by atoms with Crippen LogP contribution in [0.15, 0.2) is 83.4 Å². The molecule has 0 saturated heterocycles. The molecule has 52 heavy (non-hydrogen) atoms. The number of allylic oxidation sites excluding steroid dienone is 3. The first-order chi connectivity index (χ1) is 25.1. The van der Waals surface area contributed by atoms with E-state index < -0.39 is 36.0 Å². The highest BCUT2D eigenvalue weighted by Gasteiger charge is 2.58. The second-order valence-corrected chi connectivity index (χ2v) is 18.1. The number of aliphatic hydroxyl groups is 1. The number of benzene rings is 3. The van der Waals surface area contributed by atoms with E-state index in [1.165, 1.54) is 36.4 Å². The lowest BCUT2D eigenvalue weighted by molar-refractivity contribution is -0.160. The Kier molecular flexibility index (Phi) is 11.6. The summed E-state index contributed by atoms with van der Waals surface area (Å²) in [6, 6.07) is 17.2. The monoisotopic (exact) mass is 730 g/mol. The number of hydrogen-bond donors (Lipinski definition) is 1. The molecule has 0 spiro atoms. The van der Waals surface area contributed by atoms with Gasteiger partial charge in [-0.1, -0.05) is 65.1 Å². The van der Waals surface area contributed by atoms with Gasteiger partial charge in [-0.25, -0.2) is 13.6 Å². The summed E-state index contributed by atoms with van der Waals surface area (Å²) < 4.78 is 46.0. The standard InChI is InChI=1S/C43H49F2O6P/c1-5-9-22-52(23-10-6-2,24-11-7-3)41-38(40(46)29-14-19-32(45)20-15-29)36(28-12-17-31(44)18-13-28)37-33(26-43(48,39(37)41)42(47)49-8-4)30-16-21-34-35(25-30)51-27-50-34/h12-21,25,33,48H,5-11,22-24,26-27H2,1-4H3/t33-,43-/m0/s1. The van der Waals surface area contributed by atoms with Gasteiger partial charge in [0.15, 0.2) is 22.9 Å². The topological polar surface area (TPSA) is 82.1 Å². The van der Waals surface area contributed by atoms with E-state index in [1.54, 1.807) is 19.1 Å². The number of rotatable bonds is 15. The highest BCUT2D eigenvalue weighted by Crippen LogP contribution is 2.64. The summed E-state index contributed by atoms with van der Waals surface area (Å²) in [6.07, 6.45) is 8.12. The van der Waals surface area contributed by atoms with Crippen LogP contribution in [-0.4, -0.2) is 59.6 Å². The number of unbranched alkanes of at least 4 members (excludes halogenated alkanes) is 3. The van der Waals surface area contributed by atoms with Crippen LogP contribution in [-0.2, 0) is 9.53 Å². The van der Waals surface area contributed by atoms with Gasteiger partial charge in [0.05, 0.1) is 6.61 Å². The Labute approximate surface area is 305 Å². The van der Waals surface area contributed by atoms with Gasteiger partial charge in [-0.2, -0.15) is 0 Å². The highest BCUT2D eigenvalue weighted by molar-refractivity contribution is 7.77. The smallest absolute Gasteiger partial charge is 0.342 e. The zero-order valence-corrected chi connectivity index (χ0v) is 31.5. The molecule has 1 N–H and O–H groups in total. The molecule has 3 aromatic carbocycles. The summed E-state index contributed by atoms with van der Waals surface area (Å²) in [7, 11) is 0. The third-order valence-corrected chi connectivity index (χ3v) is 15.6. The molecule has 3 aliphatic rings. The van der Waals surface area contributed by atoms with Crippen molar-refractivity contribution in [3.63, 3.8) is 0 Å². The van der Waals surface area contributed by atoms with Crippen molar-refractivity contribution in [1.29, 1.82) is 0 Å². The van der Waals surface area contributed by atoms with Crippen molar-refractivity contribution in [3.8, 4) is 11.5 Å². The van der Waals surface area contributed by atoms with Gasteiger partial charge in [-0.3, -0.25) is 4.79 Å². The first-order valence-electron chi connectivity index (χ1n) is 18.7. The number of ether oxygens (including phenoxy) is 3. The molecule has 0 bridgehead atoms. The number of halogens is 2. The molecule has 9 heteroatoms. The molecular weight excluding hydrogens is 681 g/mol. The lowest BCUT2D eigenvalue weighted by Gasteiger charge is -2.36. The summed E-state index contributed by atoms with van der Waals surface area (Å²) in [4.78, 5) is 29.6. The number of carbonyl (C=O) groups is 2. The number of Topliss-reactive ketones (excluding diaryl/α,β-unsaturated/α-hetero) is 1. The Hall–Kier alpha value is -4.00. The van der Waals surface area contributed by atoms with Gasteiger partial charge in [0.2, 0.25) is 6.79 Å². The van der Waals surface area contributed by atoms with Crippen LogP contribution < -0.4 is 9.47 Å². The van der Waals surface area contributed by atoms with E-state index in [-0.39, 0.29) is 25.6 Å². The third-order valence-electron chi connectivity index (χ3n) is 10.7. The first kappa shape index (κ1) is 37.7. The van der Waals surface area contributed by atoms with Crippen LogP contribution >= 0.6 is 6.89 Å². The van der Waals surface area contributed by atoms with Crippen LogP contribution in [0.2, 0.25) is 0 Å². The molecule has 1 heterocycles. The van der Waals surface area contributed by atoms with Crippen molar-refractivity contribution in [1.82, 2.24) is 0 Å². The second-order valence-electron chi connectivity index (χ2n) is 14.1. The maximum Gasteiger partial charge on any atom is 0.342 e. The number of carbonyl (C=O) groups excluding carboxylic acids is 2. The zero-order chi connectivity index (χ0) is 37.0. The van der Waals surface area contributed by atoms with Gasteiger partial charge in [-0.15, -0.1) is 0 Å². The molecule has 2 atom stereocenters. The minimum atomic E-state index is -2.32. The Morgan fingerprint density at radius 1 is 0.827 bits per heavy atom. The van der Waals surface area contributed by atoms with Crippen molar-refractivity contribution in [2.45, 2.75) is 84.2 Å². The SMILES string of the molecule is CCCCP(CCCC)(CCCC)=C1C(C(=O)c2ccc(F)cc2)=C(c2ccc(F)cc2)C2=C1[C@](O)(C(=O)OCC)C[C@H]2c1ccc2c(c1)OCO2. The van der Waals surface area contributed by atoms with Crippen molar-refractivity contribution in [3.05, 3.63) is 112 Å².